The number of rotatable bonds is 2. The number of carbonyl (C=O) groups is 1. The molecule has 29 heavy (non-hydrogen) atoms. The zero-order chi connectivity index (χ0) is 20.0. The average Bonchev–Trinajstić information content (AvgIpc) is 3.05. The molecule has 1 aromatic carbocycles. The Bertz CT molecular complexity index is 1130. The van der Waals surface area contributed by atoms with Crippen molar-refractivity contribution in [2.75, 3.05) is 24.5 Å². The van der Waals surface area contributed by atoms with Gasteiger partial charge in [0, 0.05) is 49.6 Å². The minimum atomic E-state index is 0.165. The van der Waals surface area contributed by atoms with Crippen molar-refractivity contribution in [1.82, 2.24) is 14.9 Å². The summed E-state index contributed by atoms with van der Waals surface area (Å²) in [7, 11) is 0. The maximum absolute atomic E-state index is 12.9. The monoisotopic (exact) mass is 386 g/mol. The number of ketones is 1. The molecule has 0 amide bonds. The molecule has 0 bridgehead atoms. The van der Waals surface area contributed by atoms with Gasteiger partial charge in [-0.1, -0.05) is 6.07 Å². The average molecular weight is 386 g/mol. The van der Waals surface area contributed by atoms with Gasteiger partial charge in [-0.15, -0.1) is 0 Å². The van der Waals surface area contributed by atoms with Crippen molar-refractivity contribution < 1.29 is 4.79 Å². The van der Waals surface area contributed by atoms with E-state index in [0.29, 0.717) is 18.0 Å². The molecule has 2 aromatic heterocycles. The largest absolute Gasteiger partial charge is 0.369 e. The Morgan fingerprint density at radius 2 is 2.03 bits per heavy atom. The number of aryl methyl sites for hydroxylation is 2. The number of benzene rings is 1. The molecule has 3 aromatic rings. The normalized spacial score (nSPS) is 19.8. The van der Waals surface area contributed by atoms with Gasteiger partial charge >= 0.3 is 0 Å². The molecule has 148 valence electrons. The van der Waals surface area contributed by atoms with E-state index in [1.54, 1.807) is 0 Å². The van der Waals surface area contributed by atoms with Gasteiger partial charge in [0.05, 0.1) is 11.2 Å². The van der Waals surface area contributed by atoms with Crippen molar-refractivity contribution in [2.45, 2.75) is 32.7 Å². The zero-order valence-corrected chi connectivity index (χ0v) is 17.0. The molecule has 0 saturated carbocycles. The molecule has 2 aliphatic rings. The van der Waals surface area contributed by atoms with Gasteiger partial charge in [0.25, 0.3) is 0 Å². The first-order valence-corrected chi connectivity index (χ1v) is 10.4. The summed E-state index contributed by atoms with van der Waals surface area (Å²) in [5, 5.41) is 8.15. The highest BCUT2D eigenvalue weighted by atomic mass is 16.1. The molecule has 1 N–H and O–H groups in total. The van der Waals surface area contributed by atoms with Gasteiger partial charge < -0.3 is 10.2 Å². The summed E-state index contributed by atoms with van der Waals surface area (Å²) in [6.45, 7) is 7.33. The minimum absolute atomic E-state index is 0.165. The van der Waals surface area contributed by atoms with Crippen LogP contribution in [-0.2, 0) is 11.2 Å². The van der Waals surface area contributed by atoms with Gasteiger partial charge in [0.15, 0.2) is 5.78 Å². The molecule has 0 unspecified atom stereocenters. The highest BCUT2D eigenvalue weighted by molar-refractivity contribution is 6.25. The van der Waals surface area contributed by atoms with E-state index in [-0.39, 0.29) is 5.78 Å². The summed E-state index contributed by atoms with van der Waals surface area (Å²) >= 11 is 0. The zero-order valence-electron chi connectivity index (χ0n) is 17.0. The fraction of sp³-hybridized carbons (Fsp3) is 0.333. The van der Waals surface area contributed by atoms with Gasteiger partial charge in [-0.3, -0.25) is 4.79 Å². The number of nitrogens with one attached hydrogen (secondary N) is 1. The maximum atomic E-state index is 12.9. The van der Waals surface area contributed by atoms with Gasteiger partial charge in [-0.05, 0) is 73.4 Å². The lowest BCUT2D eigenvalue weighted by atomic mass is 10.0. The number of anilines is 1. The van der Waals surface area contributed by atoms with Crippen molar-refractivity contribution in [2.24, 2.45) is 0 Å². The summed E-state index contributed by atoms with van der Waals surface area (Å²) in [6.07, 6.45) is 5.28. The highest BCUT2D eigenvalue weighted by Gasteiger charge is 2.22. The lowest BCUT2D eigenvalue weighted by Gasteiger charge is -2.34. The van der Waals surface area contributed by atoms with Crippen LogP contribution in [0, 0.1) is 6.92 Å². The number of nitrogens with zero attached hydrogens (tertiary/aromatic N) is 3. The Kier molecular flexibility index (Phi) is 4.47. The Labute approximate surface area is 171 Å². The van der Waals surface area contributed by atoms with E-state index < -0.39 is 0 Å². The first kappa shape index (κ1) is 18.1. The Morgan fingerprint density at radius 3 is 2.90 bits per heavy atom. The predicted molar refractivity (Wildman–Crippen MR) is 117 cm³/mol. The Hall–Kier alpha value is -2.92. The van der Waals surface area contributed by atoms with Crippen molar-refractivity contribution in [3.05, 3.63) is 65.0 Å². The number of pyridine rings is 1. The molecule has 1 fully saturated rings. The van der Waals surface area contributed by atoms with Crippen molar-refractivity contribution in [1.29, 1.82) is 0 Å². The molecular weight excluding hydrogens is 360 g/mol. The van der Waals surface area contributed by atoms with Crippen molar-refractivity contribution in [3.63, 3.8) is 0 Å². The fourth-order valence-corrected chi connectivity index (χ4v) is 4.39. The number of aromatic nitrogens is 2. The molecule has 1 atom stereocenters. The van der Waals surface area contributed by atoms with E-state index in [1.807, 2.05) is 28.9 Å². The van der Waals surface area contributed by atoms with Crippen LogP contribution in [0.5, 0.6) is 0 Å². The van der Waals surface area contributed by atoms with Crippen LogP contribution in [0.15, 0.2) is 42.6 Å². The molecular formula is C24H26N4O. The van der Waals surface area contributed by atoms with Gasteiger partial charge in [0.1, 0.15) is 0 Å². The number of hydrogen-bond acceptors (Lipinski definition) is 4. The molecule has 0 spiro atoms. The van der Waals surface area contributed by atoms with Gasteiger partial charge in [-0.2, -0.15) is 5.10 Å². The third kappa shape index (κ3) is 3.47. The van der Waals surface area contributed by atoms with E-state index >= 15 is 0 Å². The van der Waals surface area contributed by atoms with Crippen LogP contribution in [0.4, 0.5) is 5.69 Å². The molecule has 1 saturated heterocycles. The molecule has 1 aliphatic heterocycles. The topological polar surface area (TPSA) is 49.6 Å². The molecule has 3 heterocycles. The van der Waals surface area contributed by atoms with Crippen molar-refractivity contribution >= 4 is 28.6 Å². The molecule has 5 heteroatoms. The van der Waals surface area contributed by atoms with Crippen LogP contribution in [0.2, 0.25) is 0 Å². The summed E-state index contributed by atoms with van der Waals surface area (Å²) in [6, 6.07) is 13.2. The minimum Gasteiger partial charge on any atom is -0.369 e. The number of allylic oxidation sites excluding steroid dienone is 1. The number of fused-ring (bicyclic) bond motifs is 2. The first-order valence-electron chi connectivity index (χ1n) is 10.4. The van der Waals surface area contributed by atoms with Crippen LogP contribution >= 0.6 is 0 Å². The standard InChI is InChI=1S/C24H26N4O/c1-16-7-9-28-21(11-16)14-23(26-28)22-13-19-3-5-20(12-18(19)4-6-24(22)29)27-10-8-25-17(2)15-27/h3,5,7,9,11-14,17,25H,4,6,8,10,15H2,1-2H3/t17-/m1/s1. The molecule has 0 radical (unpaired) electrons. The van der Waals surface area contributed by atoms with Crippen molar-refractivity contribution in [3.8, 4) is 0 Å². The summed E-state index contributed by atoms with van der Waals surface area (Å²) in [4.78, 5) is 15.4. The van der Waals surface area contributed by atoms with Gasteiger partial charge in [-0.25, -0.2) is 4.52 Å². The molecule has 5 rings (SSSR count). The second kappa shape index (κ2) is 7.16. The summed E-state index contributed by atoms with van der Waals surface area (Å²) in [5.74, 6) is 0.165. The van der Waals surface area contributed by atoms with E-state index in [1.165, 1.54) is 16.8 Å². The molecule has 5 nitrogen and oxygen atoms in total. The van der Waals surface area contributed by atoms with E-state index in [9.17, 15) is 4.79 Å². The maximum Gasteiger partial charge on any atom is 0.165 e. The lowest BCUT2D eigenvalue weighted by molar-refractivity contribution is -0.113. The van der Waals surface area contributed by atoms with E-state index in [4.69, 9.17) is 0 Å². The fourth-order valence-electron chi connectivity index (χ4n) is 4.39. The highest BCUT2D eigenvalue weighted by Crippen LogP contribution is 2.30. The predicted octanol–water partition coefficient (Wildman–Crippen LogP) is 3.50. The van der Waals surface area contributed by atoms with Crippen LogP contribution in [0.1, 0.15) is 35.7 Å². The second-order valence-corrected chi connectivity index (χ2v) is 8.27. The number of Topliss-reactive ketones (excluding diaryl/α,β-unsaturated/α-hetero) is 1. The SMILES string of the molecule is Cc1ccn2nc(C3=Cc4ccc(N5CCN[C@H](C)C5)cc4CCC3=O)cc2c1. The third-order valence-corrected chi connectivity index (χ3v) is 5.98. The second-order valence-electron chi connectivity index (χ2n) is 8.27. The van der Waals surface area contributed by atoms with Crippen LogP contribution in [0.3, 0.4) is 0 Å². The van der Waals surface area contributed by atoms with E-state index in [2.05, 4.69) is 53.4 Å². The summed E-state index contributed by atoms with van der Waals surface area (Å²) in [5.41, 5.74) is 7.31. The van der Waals surface area contributed by atoms with Crippen LogP contribution in [-0.4, -0.2) is 41.1 Å². The number of piperazine rings is 1. The quantitative estimate of drug-likeness (QED) is 0.732. The number of hydrogen-bond donors (Lipinski definition) is 1. The molecule has 1 aliphatic carbocycles. The summed E-state index contributed by atoms with van der Waals surface area (Å²) < 4.78 is 1.84. The van der Waals surface area contributed by atoms with Crippen LogP contribution < -0.4 is 10.2 Å². The van der Waals surface area contributed by atoms with Gasteiger partial charge in [0.2, 0.25) is 0 Å². The Balaban J connectivity index is 1.51. The van der Waals surface area contributed by atoms with Crippen LogP contribution in [0.25, 0.3) is 17.2 Å². The van der Waals surface area contributed by atoms with E-state index in [0.717, 1.165) is 42.8 Å². The smallest absolute Gasteiger partial charge is 0.165 e. The Morgan fingerprint density at radius 1 is 1.14 bits per heavy atom. The first-order chi connectivity index (χ1) is 14.1. The number of carbonyl (C=O) groups excluding carboxylic acids is 1. The lowest BCUT2D eigenvalue weighted by Crippen LogP contribution is -2.49. The third-order valence-electron chi connectivity index (χ3n) is 5.98.